The molecule has 32 heavy (non-hydrogen) atoms. The molecule has 0 aliphatic rings. The van der Waals surface area contributed by atoms with Crippen LogP contribution in [0.15, 0.2) is 37.8 Å². The van der Waals surface area contributed by atoms with E-state index in [4.69, 9.17) is 9.05 Å². The fourth-order valence-corrected chi connectivity index (χ4v) is 3.63. The fraction of sp³-hybridized carbons (Fsp3) is 0.381. The SMILES string of the molecule is Cc1ccc([C@H](Nc2no[n+](O)c2Nc2ccc(Br)c(C(=O)N(C)C)c2O)C(C)(C)C)o1. The maximum atomic E-state index is 12.5. The van der Waals surface area contributed by atoms with Gasteiger partial charge in [0, 0.05) is 18.6 Å². The predicted octanol–water partition coefficient (Wildman–Crippen LogP) is 4.21. The molecule has 11 heteroatoms. The number of furan rings is 1. The molecule has 3 aromatic rings. The molecule has 0 saturated heterocycles. The topological polar surface area (TPSA) is 128 Å². The van der Waals surface area contributed by atoms with Gasteiger partial charge in [-0.25, -0.2) is 0 Å². The maximum absolute atomic E-state index is 12.5. The lowest BCUT2D eigenvalue weighted by Gasteiger charge is -2.29. The van der Waals surface area contributed by atoms with E-state index in [0.717, 1.165) is 5.76 Å². The zero-order valence-corrected chi connectivity index (χ0v) is 20.3. The zero-order valence-electron chi connectivity index (χ0n) is 18.7. The van der Waals surface area contributed by atoms with Crippen LogP contribution in [-0.4, -0.2) is 40.4 Å². The second kappa shape index (κ2) is 8.73. The lowest BCUT2D eigenvalue weighted by Crippen LogP contribution is -2.31. The summed E-state index contributed by atoms with van der Waals surface area (Å²) in [6.45, 7) is 7.95. The molecule has 172 valence electrons. The van der Waals surface area contributed by atoms with E-state index in [1.165, 1.54) is 4.90 Å². The van der Waals surface area contributed by atoms with Crippen LogP contribution in [0.25, 0.3) is 0 Å². The first-order valence-corrected chi connectivity index (χ1v) is 10.6. The number of phenols is 1. The second-order valence-electron chi connectivity index (χ2n) is 8.68. The van der Waals surface area contributed by atoms with Gasteiger partial charge in [-0.15, -0.1) is 0 Å². The largest absolute Gasteiger partial charge is 0.504 e. The Kier molecular flexibility index (Phi) is 6.40. The third kappa shape index (κ3) is 4.67. The number of amides is 1. The Bertz CT molecular complexity index is 1130. The number of aromatic hydroxyl groups is 1. The second-order valence-corrected chi connectivity index (χ2v) is 9.53. The molecular weight excluding hydrogens is 482 g/mol. The number of rotatable bonds is 6. The van der Waals surface area contributed by atoms with Gasteiger partial charge in [-0.3, -0.25) is 10.1 Å². The van der Waals surface area contributed by atoms with Crippen molar-refractivity contribution in [3.8, 4) is 5.75 Å². The van der Waals surface area contributed by atoms with Crippen molar-refractivity contribution in [1.82, 2.24) is 10.1 Å². The maximum Gasteiger partial charge on any atom is 0.370 e. The Morgan fingerprint density at radius 1 is 1.25 bits per heavy atom. The van der Waals surface area contributed by atoms with Crippen molar-refractivity contribution in [2.24, 2.45) is 5.41 Å². The van der Waals surface area contributed by atoms with Gasteiger partial charge < -0.3 is 24.9 Å². The van der Waals surface area contributed by atoms with Gasteiger partial charge in [0.1, 0.15) is 27.3 Å². The molecule has 0 fully saturated rings. The quantitative estimate of drug-likeness (QED) is 0.288. The molecule has 0 saturated carbocycles. The molecule has 1 atom stereocenters. The van der Waals surface area contributed by atoms with Crippen molar-refractivity contribution in [3.63, 3.8) is 0 Å². The number of hydrogen-bond acceptors (Lipinski definition) is 8. The van der Waals surface area contributed by atoms with E-state index in [-0.39, 0.29) is 46.0 Å². The number of nitrogens with zero attached hydrogens (tertiary/aromatic N) is 3. The fourth-order valence-electron chi connectivity index (χ4n) is 3.14. The summed E-state index contributed by atoms with van der Waals surface area (Å²) in [7, 11) is 3.17. The van der Waals surface area contributed by atoms with E-state index < -0.39 is 0 Å². The molecule has 0 radical (unpaired) electrons. The van der Waals surface area contributed by atoms with Crippen molar-refractivity contribution in [1.29, 1.82) is 0 Å². The number of carbonyl (C=O) groups is 1. The van der Waals surface area contributed by atoms with E-state index in [1.807, 2.05) is 39.8 Å². The van der Waals surface area contributed by atoms with E-state index in [9.17, 15) is 15.1 Å². The van der Waals surface area contributed by atoms with Crippen LogP contribution in [0.2, 0.25) is 0 Å². The Morgan fingerprint density at radius 3 is 2.50 bits per heavy atom. The summed E-state index contributed by atoms with van der Waals surface area (Å²) in [6, 6.07) is 6.60. The first-order chi connectivity index (χ1) is 14.9. The molecule has 0 aliphatic carbocycles. The van der Waals surface area contributed by atoms with Crippen LogP contribution in [0.4, 0.5) is 17.3 Å². The molecule has 0 spiro atoms. The summed E-state index contributed by atoms with van der Waals surface area (Å²) in [5.41, 5.74) is -0.0334. The van der Waals surface area contributed by atoms with Crippen LogP contribution in [0, 0.1) is 12.3 Å². The highest BCUT2D eigenvalue weighted by atomic mass is 79.9. The Balaban J connectivity index is 1.98. The van der Waals surface area contributed by atoms with Crippen molar-refractivity contribution < 1.29 is 29.1 Å². The Labute approximate surface area is 193 Å². The highest BCUT2D eigenvalue weighted by Crippen LogP contribution is 2.39. The van der Waals surface area contributed by atoms with Gasteiger partial charge in [-0.1, -0.05) is 25.4 Å². The number of phenolic OH excluding ortho intramolecular Hbond substituents is 1. The molecular formula is C21H27BrN5O5+. The average Bonchev–Trinajstić information content (AvgIpc) is 3.26. The van der Waals surface area contributed by atoms with Gasteiger partial charge >= 0.3 is 11.6 Å². The monoisotopic (exact) mass is 508 g/mol. The van der Waals surface area contributed by atoms with Crippen LogP contribution in [0.3, 0.4) is 0 Å². The van der Waals surface area contributed by atoms with Gasteiger partial charge in [0.05, 0.1) is 11.6 Å². The molecule has 1 aromatic carbocycles. The number of nitrogens with one attached hydrogen (secondary N) is 2. The number of anilines is 3. The minimum atomic E-state index is -0.389. The van der Waals surface area contributed by atoms with Crippen molar-refractivity contribution >= 4 is 39.2 Å². The number of benzene rings is 1. The number of aryl methyl sites for hydroxylation is 1. The van der Waals surface area contributed by atoms with E-state index in [2.05, 4.69) is 31.7 Å². The highest BCUT2D eigenvalue weighted by Gasteiger charge is 2.35. The van der Waals surface area contributed by atoms with Crippen LogP contribution in [0.1, 0.15) is 48.7 Å². The number of hydrogen-bond donors (Lipinski definition) is 4. The van der Waals surface area contributed by atoms with Gasteiger partial charge in [0.15, 0.2) is 5.75 Å². The lowest BCUT2D eigenvalue weighted by atomic mass is 9.85. The van der Waals surface area contributed by atoms with Crippen LogP contribution < -0.4 is 15.5 Å². The van der Waals surface area contributed by atoms with Crippen molar-refractivity contribution in [3.05, 3.63) is 45.8 Å². The summed E-state index contributed by atoms with van der Waals surface area (Å²) in [6.07, 6.45) is 0. The van der Waals surface area contributed by atoms with Crippen molar-refractivity contribution in [2.75, 3.05) is 24.7 Å². The summed E-state index contributed by atoms with van der Waals surface area (Å²) in [5, 5.41) is 30.9. The van der Waals surface area contributed by atoms with E-state index in [0.29, 0.717) is 15.1 Å². The third-order valence-electron chi connectivity index (χ3n) is 4.82. The van der Waals surface area contributed by atoms with E-state index in [1.54, 1.807) is 26.2 Å². The Hall–Kier alpha value is -3.21. The zero-order chi connectivity index (χ0) is 23.8. The van der Waals surface area contributed by atoms with Crippen LogP contribution in [0.5, 0.6) is 5.75 Å². The molecule has 4 N–H and O–H groups in total. The highest BCUT2D eigenvalue weighted by molar-refractivity contribution is 9.10. The smallest absolute Gasteiger partial charge is 0.370 e. The predicted molar refractivity (Wildman–Crippen MR) is 120 cm³/mol. The van der Waals surface area contributed by atoms with Crippen LogP contribution in [-0.2, 0) is 0 Å². The summed E-state index contributed by atoms with van der Waals surface area (Å²) in [4.78, 5) is 14.3. The molecule has 1 amide bonds. The molecule has 0 unspecified atom stereocenters. The van der Waals surface area contributed by atoms with Crippen LogP contribution >= 0.6 is 15.9 Å². The molecule has 10 nitrogen and oxygen atoms in total. The minimum Gasteiger partial charge on any atom is -0.504 e. The van der Waals surface area contributed by atoms with Crippen molar-refractivity contribution in [2.45, 2.75) is 33.7 Å². The normalized spacial score (nSPS) is 12.5. The summed E-state index contributed by atoms with van der Waals surface area (Å²) in [5.74, 6) is 0.995. The first-order valence-electron chi connectivity index (χ1n) is 9.84. The summed E-state index contributed by atoms with van der Waals surface area (Å²) < 4.78 is 11.1. The first kappa shape index (κ1) is 23.5. The van der Waals surface area contributed by atoms with E-state index >= 15 is 0 Å². The van der Waals surface area contributed by atoms with Gasteiger partial charge in [-0.05, 0) is 52.5 Å². The molecule has 0 bridgehead atoms. The van der Waals surface area contributed by atoms with Gasteiger partial charge in [0.25, 0.3) is 5.91 Å². The lowest BCUT2D eigenvalue weighted by molar-refractivity contribution is -1.03. The standard InChI is InChI=1S/C21H26BrN5O5/c1-11-7-10-14(31-11)17(21(2,3)4)24-18-19(27(30)32-25-18)23-13-9-8-12(22)15(16(13)28)20(29)26(5)6/h7-10,17,30H,1-6H3,(H2,24,25,28,29)/p+1/t17-/m0/s1. The minimum absolute atomic E-state index is 0.0309. The third-order valence-corrected chi connectivity index (χ3v) is 5.48. The Morgan fingerprint density at radius 2 is 1.94 bits per heavy atom. The number of aromatic nitrogens is 2. The number of carbonyl (C=O) groups excluding carboxylic acids is 1. The molecule has 0 aliphatic heterocycles. The molecule has 2 heterocycles. The average molecular weight is 509 g/mol. The number of halogens is 1. The molecule has 3 rings (SSSR count). The van der Waals surface area contributed by atoms with Gasteiger partial charge in [-0.2, -0.15) is 0 Å². The summed E-state index contributed by atoms with van der Waals surface area (Å²) >= 11 is 3.30. The van der Waals surface area contributed by atoms with Gasteiger partial charge in [0.2, 0.25) is 0 Å². The molecule has 2 aromatic heterocycles.